The van der Waals surface area contributed by atoms with E-state index in [9.17, 15) is 4.79 Å². The third kappa shape index (κ3) is 4.21. The van der Waals surface area contributed by atoms with E-state index in [-0.39, 0.29) is 5.91 Å². The van der Waals surface area contributed by atoms with Gasteiger partial charge >= 0.3 is 0 Å². The van der Waals surface area contributed by atoms with E-state index in [1.807, 2.05) is 19.2 Å². The van der Waals surface area contributed by atoms with E-state index in [1.165, 1.54) is 0 Å². The van der Waals surface area contributed by atoms with Crippen molar-refractivity contribution in [3.05, 3.63) is 28.2 Å². The van der Waals surface area contributed by atoms with Crippen LogP contribution < -0.4 is 4.74 Å². The molecule has 1 aromatic carbocycles. The minimum atomic E-state index is 0.0156. The molecule has 100 valence electrons. The molecule has 0 heterocycles. The molecule has 18 heavy (non-hydrogen) atoms. The molecule has 0 fully saturated rings. The van der Waals surface area contributed by atoms with Gasteiger partial charge < -0.3 is 9.64 Å². The summed E-state index contributed by atoms with van der Waals surface area (Å²) in [6, 6.07) is 5.42. The van der Waals surface area contributed by atoms with Gasteiger partial charge in [0.1, 0.15) is 5.75 Å². The van der Waals surface area contributed by atoms with E-state index in [0.29, 0.717) is 11.3 Å². The second-order valence-corrected chi connectivity index (χ2v) is 5.76. The van der Waals surface area contributed by atoms with Gasteiger partial charge in [-0.1, -0.05) is 0 Å². The third-order valence-electron chi connectivity index (χ3n) is 2.59. The molecule has 0 atom stereocenters. The maximum absolute atomic E-state index is 12.3. The van der Waals surface area contributed by atoms with E-state index in [2.05, 4.69) is 22.2 Å². The second-order valence-electron chi connectivity index (χ2n) is 3.92. The number of hydrogen-bond acceptors (Lipinski definition) is 3. The van der Waals surface area contributed by atoms with Crippen LogP contribution in [-0.4, -0.2) is 43.5 Å². The molecular weight excluding hydrogens is 314 g/mol. The topological polar surface area (TPSA) is 29.5 Å². The Kier molecular flexibility index (Phi) is 6.57. The van der Waals surface area contributed by atoms with E-state index < -0.39 is 0 Å². The summed E-state index contributed by atoms with van der Waals surface area (Å²) in [6.45, 7) is 0.767. The lowest BCUT2D eigenvalue weighted by molar-refractivity contribution is 0.0794. The van der Waals surface area contributed by atoms with Crippen molar-refractivity contribution in [3.8, 4) is 5.75 Å². The largest absolute Gasteiger partial charge is 0.497 e. The van der Waals surface area contributed by atoms with Crippen LogP contribution in [0.4, 0.5) is 0 Å². The molecule has 0 saturated carbocycles. The Morgan fingerprint density at radius 1 is 1.50 bits per heavy atom. The summed E-state index contributed by atoms with van der Waals surface area (Å²) in [5, 5.41) is 0. The number of halogens is 1. The number of amides is 1. The average Bonchev–Trinajstić information content (AvgIpc) is 2.38. The van der Waals surface area contributed by atoms with Crippen LogP contribution in [0.25, 0.3) is 0 Å². The van der Waals surface area contributed by atoms with Gasteiger partial charge in [-0.3, -0.25) is 4.79 Å². The van der Waals surface area contributed by atoms with Gasteiger partial charge in [0.25, 0.3) is 5.91 Å². The number of thioether (sulfide) groups is 1. The number of rotatable bonds is 6. The normalized spacial score (nSPS) is 10.2. The number of ether oxygens (including phenoxy) is 1. The van der Waals surface area contributed by atoms with Gasteiger partial charge in [0.15, 0.2) is 0 Å². The number of hydrogen-bond donors (Lipinski definition) is 0. The predicted octanol–water partition coefficient (Wildman–Crippen LogP) is 3.28. The molecule has 0 unspecified atom stereocenters. The Morgan fingerprint density at radius 3 is 2.83 bits per heavy atom. The Labute approximate surface area is 121 Å². The van der Waals surface area contributed by atoms with Gasteiger partial charge in [-0.25, -0.2) is 0 Å². The molecule has 1 amide bonds. The lowest BCUT2D eigenvalue weighted by atomic mass is 10.2. The fraction of sp³-hybridized carbons (Fsp3) is 0.462. The lowest BCUT2D eigenvalue weighted by Gasteiger charge is -2.18. The Hall–Kier alpha value is -0.680. The standard InChI is InChI=1S/C13H18BrNO2S/c1-15(7-4-8-18-3)13(16)11-9-10(17-2)5-6-12(11)14/h5-6,9H,4,7-8H2,1-3H3. The molecule has 0 N–H and O–H groups in total. The number of methoxy groups -OCH3 is 1. The van der Waals surface area contributed by atoms with Crippen molar-refractivity contribution in [3.63, 3.8) is 0 Å². The van der Waals surface area contributed by atoms with Gasteiger partial charge in [-0.15, -0.1) is 0 Å². The number of benzene rings is 1. The average molecular weight is 332 g/mol. The summed E-state index contributed by atoms with van der Waals surface area (Å²) in [5.74, 6) is 1.78. The first-order valence-corrected chi connectivity index (χ1v) is 7.86. The van der Waals surface area contributed by atoms with Crippen molar-refractivity contribution >= 4 is 33.6 Å². The van der Waals surface area contributed by atoms with Crippen LogP contribution in [-0.2, 0) is 0 Å². The summed E-state index contributed by atoms with van der Waals surface area (Å²) < 4.78 is 5.94. The molecule has 1 rings (SSSR count). The molecule has 0 saturated heterocycles. The smallest absolute Gasteiger partial charge is 0.254 e. The first kappa shape index (κ1) is 15.4. The van der Waals surface area contributed by atoms with Crippen LogP contribution in [0.3, 0.4) is 0 Å². The second kappa shape index (κ2) is 7.69. The van der Waals surface area contributed by atoms with Crippen LogP contribution in [0.5, 0.6) is 5.75 Å². The molecule has 5 heteroatoms. The fourth-order valence-electron chi connectivity index (χ4n) is 1.55. The minimum Gasteiger partial charge on any atom is -0.497 e. The maximum atomic E-state index is 12.3. The van der Waals surface area contributed by atoms with Crippen LogP contribution in [0, 0.1) is 0 Å². The molecule has 3 nitrogen and oxygen atoms in total. The predicted molar refractivity (Wildman–Crippen MR) is 80.7 cm³/mol. The first-order valence-electron chi connectivity index (χ1n) is 5.68. The number of carbonyl (C=O) groups is 1. The van der Waals surface area contributed by atoms with E-state index in [0.717, 1.165) is 23.2 Å². The molecule has 0 bridgehead atoms. The van der Waals surface area contributed by atoms with Gasteiger partial charge in [0.05, 0.1) is 12.7 Å². The lowest BCUT2D eigenvalue weighted by Crippen LogP contribution is -2.28. The molecular formula is C13H18BrNO2S. The summed E-state index contributed by atoms with van der Waals surface area (Å²) >= 11 is 5.20. The zero-order valence-corrected chi connectivity index (χ0v) is 13.3. The first-order chi connectivity index (χ1) is 8.60. The Morgan fingerprint density at radius 2 is 2.22 bits per heavy atom. The van der Waals surface area contributed by atoms with Crippen LogP contribution in [0.15, 0.2) is 22.7 Å². The zero-order chi connectivity index (χ0) is 13.5. The van der Waals surface area contributed by atoms with Crippen molar-refractivity contribution in [2.75, 3.05) is 32.7 Å². The number of carbonyl (C=O) groups excluding carboxylic acids is 1. The highest BCUT2D eigenvalue weighted by Crippen LogP contribution is 2.23. The summed E-state index contributed by atoms with van der Waals surface area (Å²) in [5.41, 5.74) is 0.640. The van der Waals surface area contributed by atoms with Gasteiger partial charge in [0.2, 0.25) is 0 Å². The summed E-state index contributed by atoms with van der Waals surface area (Å²) in [7, 11) is 3.42. The highest BCUT2D eigenvalue weighted by molar-refractivity contribution is 9.10. The monoisotopic (exact) mass is 331 g/mol. The van der Waals surface area contributed by atoms with Gasteiger partial charge in [-0.2, -0.15) is 11.8 Å². The van der Waals surface area contributed by atoms with Crippen molar-refractivity contribution in [2.45, 2.75) is 6.42 Å². The van der Waals surface area contributed by atoms with Crippen LogP contribution >= 0.6 is 27.7 Å². The molecule has 0 aromatic heterocycles. The van der Waals surface area contributed by atoms with E-state index in [4.69, 9.17) is 4.74 Å². The highest BCUT2D eigenvalue weighted by atomic mass is 79.9. The zero-order valence-electron chi connectivity index (χ0n) is 10.9. The molecule has 0 spiro atoms. The Balaban J connectivity index is 2.76. The van der Waals surface area contributed by atoms with E-state index >= 15 is 0 Å². The van der Waals surface area contributed by atoms with Crippen molar-refractivity contribution < 1.29 is 9.53 Å². The molecule has 0 radical (unpaired) electrons. The van der Waals surface area contributed by atoms with Gasteiger partial charge in [0, 0.05) is 18.1 Å². The number of nitrogens with zero attached hydrogens (tertiary/aromatic N) is 1. The third-order valence-corrected chi connectivity index (χ3v) is 3.98. The Bertz CT molecular complexity index is 412. The van der Waals surface area contributed by atoms with Crippen molar-refractivity contribution in [1.82, 2.24) is 4.90 Å². The van der Waals surface area contributed by atoms with Crippen molar-refractivity contribution in [1.29, 1.82) is 0 Å². The molecule has 1 aromatic rings. The molecule has 0 aliphatic carbocycles. The van der Waals surface area contributed by atoms with Crippen molar-refractivity contribution in [2.24, 2.45) is 0 Å². The summed E-state index contributed by atoms with van der Waals surface area (Å²) in [6.07, 6.45) is 3.07. The maximum Gasteiger partial charge on any atom is 0.254 e. The quantitative estimate of drug-likeness (QED) is 0.749. The van der Waals surface area contributed by atoms with E-state index in [1.54, 1.807) is 29.8 Å². The molecule has 0 aliphatic rings. The SMILES string of the molecule is COc1ccc(Br)c(C(=O)N(C)CCCSC)c1. The van der Waals surface area contributed by atoms with Gasteiger partial charge in [-0.05, 0) is 52.6 Å². The molecule has 0 aliphatic heterocycles. The highest BCUT2D eigenvalue weighted by Gasteiger charge is 2.15. The van der Waals surface area contributed by atoms with Crippen LogP contribution in [0.1, 0.15) is 16.8 Å². The minimum absolute atomic E-state index is 0.0156. The fourth-order valence-corrected chi connectivity index (χ4v) is 2.38. The van der Waals surface area contributed by atoms with Crippen LogP contribution in [0.2, 0.25) is 0 Å². The summed E-state index contributed by atoms with van der Waals surface area (Å²) in [4.78, 5) is 14.0.